The molecule has 1 aliphatic carbocycles. The number of hydrogen-bond donors (Lipinski definition) is 1. The van der Waals surface area contributed by atoms with Crippen LogP contribution in [-0.4, -0.2) is 17.6 Å². The average molecular weight is 372 g/mol. The van der Waals surface area contributed by atoms with E-state index in [0.717, 1.165) is 17.8 Å². The lowest BCUT2D eigenvalue weighted by Crippen LogP contribution is -2.07. The zero-order chi connectivity index (χ0) is 19.3. The van der Waals surface area contributed by atoms with Crippen molar-refractivity contribution in [1.82, 2.24) is 4.98 Å². The highest BCUT2D eigenvalue weighted by atomic mass is 16.5. The molecular formula is C24H24N2O2. The summed E-state index contributed by atoms with van der Waals surface area (Å²) >= 11 is 0. The van der Waals surface area contributed by atoms with Gasteiger partial charge in [0.2, 0.25) is 0 Å². The van der Waals surface area contributed by atoms with Gasteiger partial charge in [-0.2, -0.15) is 0 Å². The van der Waals surface area contributed by atoms with Crippen molar-refractivity contribution in [3.63, 3.8) is 0 Å². The predicted octanol–water partition coefficient (Wildman–Crippen LogP) is 5.03. The average Bonchev–Trinajstić information content (AvgIpc) is 3.55. The number of benzene rings is 2. The summed E-state index contributed by atoms with van der Waals surface area (Å²) in [7, 11) is 0. The van der Waals surface area contributed by atoms with E-state index in [1.165, 1.54) is 16.7 Å². The number of esters is 1. The maximum absolute atomic E-state index is 11.8. The lowest BCUT2D eigenvalue weighted by Gasteiger charge is -2.09. The fourth-order valence-corrected chi connectivity index (χ4v) is 3.49. The standard InChI is InChI=1S/C24H24N2O2/c1-2-28-24(27)22-14-21(22)20-11-12-23(26-16-20)25-15-17-7-6-10-19(13-17)18-8-4-3-5-9-18/h3-13,16,21-22H,2,14-15H2,1H3,(H,25,26). The van der Waals surface area contributed by atoms with Crippen LogP contribution in [0.4, 0.5) is 5.82 Å². The van der Waals surface area contributed by atoms with Crippen LogP contribution in [-0.2, 0) is 16.1 Å². The van der Waals surface area contributed by atoms with Crippen molar-refractivity contribution in [3.05, 3.63) is 84.1 Å². The Morgan fingerprint density at radius 1 is 1.07 bits per heavy atom. The molecule has 1 aromatic heterocycles. The quantitative estimate of drug-likeness (QED) is 0.591. The molecule has 1 saturated carbocycles. The first-order valence-corrected chi connectivity index (χ1v) is 9.75. The summed E-state index contributed by atoms with van der Waals surface area (Å²) in [5.74, 6) is 1.000. The van der Waals surface area contributed by atoms with Crippen LogP contribution in [0.3, 0.4) is 0 Å². The van der Waals surface area contributed by atoms with E-state index in [1.54, 1.807) is 0 Å². The molecule has 142 valence electrons. The normalized spacial score (nSPS) is 17.8. The molecule has 1 heterocycles. The van der Waals surface area contributed by atoms with Crippen LogP contribution in [0.2, 0.25) is 0 Å². The smallest absolute Gasteiger partial charge is 0.309 e. The minimum Gasteiger partial charge on any atom is -0.466 e. The number of pyridine rings is 1. The van der Waals surface area contributed by atoms with Gasteiger partial charge in [0, 0.05) is 12.7 Å². The van der Waals surface area contributed by atoms with E-state index in [4.69, 9.17) is 4.74 Å². The summed E-state index contributed by atoms with van der Waals surface area (Å²) in [6.07, 6.45) is 2.73. The van der Waals surface area contributed by atoms with Gasteiger partial charge in [0.25, 0.3) is 0 Å². The van der Waals surface area contributed by atoms with Crippen molar-refractivity contribution in [1.29, 1.82) is 0 Å². The highest BCUT2D eigenvalue weighted by Crippen LogP contribution is 2.48. The summed E-state index contributed by atoms with van der Waals surface area (Å²) in [5.41, 5.74) is 4.74. The Balaban J connectivity index is 1.35. The largest absolute Gasteiger partial charge is 0.466 e. The van der Waals surface area contributed by atoms with Crippen molar-refractivity contribution in [2.24, 2.45) is 5.92 Å². The molecule has 0 saturated heterocycles. The molecule has 4 heteroatoms. The lowest BCUT2D eigenvalue weighted by atomic mass is 10.0. The third-order valence-electron chi connectivity index (χ3n) is 5.10. The van der Waals surface area contributed by atoms with Crippen LogP contribution in [0.15, 0.2) is 72.9 Å². The van der Waals surface area contributed by atoms with E-state index >= 15 is 0 Å². The second kappa shape index (κ2) is 8.26. The molecule has 1 fully saturated rings. The monoisotopic (exact) mass is 372 g/mol. The molecular weight excluding hydrogens is 348 g/mol. The highest BCUT2D eigenvalue weighted by molar-refractivity contribution is 5.77. The van der Waals surface area contributed by atoms with Gasteiger partial charge in [-0.15, -0.1) is 0 Å². The Morgan fingerprint density at radius 2 is 1.89 bits per heavy atom. The Hall–Kier alpha value is -3.14. The number of nitrogens with one attached hydrogen (secondary N) is 1. The lowest BCUT2D eigenvalue weighted by molar-refractivity contribution is -0.144. The number of nitrogens with zero attached hydrogens (tertiary/aromatic N) is 1. The Morgan fingerprint density at radius 3 is 2.64 bits per heavy atom. The van der Waals surface area contributed by atoms with Crippen LogP contribution in [0.25, 0.3) is 11.1 Å². The Kier molecular flexibility index (Phi) is 5.38. The second-order valence-corrected chi connectivity index (χ2v) is 7.10. The molecule has 28 heavy (non-hydrogen) atoms. The predicted molar refractivity (Wildman–Crippen MR) is 111 cm³/mol. The molecule has 0 amide bonds. The SMILES string of the molecule is CCOC(=O)C1CC1c1ccc(NCc2cccc(-c3ccccc3)c2)nc1. The van der Waals surface area contributed by atoms with Crippen molar-refractivity contribution in [3.8, 4) is 11.1 Å². The first-order valence-electron chi connectivity index (χ1n) is 9.75. The molecule has 3 aromatic rings. The van der Waals surface area contributed by atoms with Crippen LogP contribution in [0, 0.1) is 5.92 Å². The molecule has 2 atom stereocenters. The van der Waals surface area contributed by atoms with E-state index < -0.39 is 0 Å². The van der Waals surface area contributed by atoms with Crippen LogP contribution in [0.1, 0.15) is 30.4 Å². The maximum Gasteiger partial charge on any atom is 0.309 e. The van der Waals surface area contributed by atoms with Gasteiger partial charge < -0.3 is 10.1 Å². The molecule has 0 spiro atoms. The second-order valence-electron chi connectivity index (χ2n) is 7.10. The minimum atomic E-state index is -0.0898. The number of carbonyl (C=O) groups is 1. The van der Waals surface area contributed by atoms with Gasteiger partial charge in [0.15, 0.2) is 0 Å². The molecule has 4 rings (SSSR count). The number of aromatic nitrogens is 1. The summed E-state index contributed by atoms with van der Waals surface area (Å²) < 4.78 is 5.10. The van der Waals surface area contributed by atoms with Crippen LogP contribution < -0.4 is 5.32 Å². The van der Waals surface area contributed by atoms with E-state index in [1.807, 2.05) is 25.3 Å². The fraction of sp³-hybridized carbons (Fsp3) is 0.250. The van der Waals surface area contributed by atoms with Gasteiger partial charge in [-0.1, -0.05) is 54.6 Å². The third kappa shape index (κ3) is 4.22. The molecule has 4 nitrogen and oxygen atoms in total. The number of rotatable bonds is 7. The Bertz CT molecular complexity index is 938. The number of ether oxygens (including phenoxy) is 1. The van der Waals surface area contributed by atoms with Gasteiger partial charge in [0.05, 0.1) is 12.5 Å². The fourth-order valence-electron chi connectivity index (χ4n) is 3.49. The first-order chi connectivity index (χ1) is 13.7. The molecule has 2 aromatic carbocycles. The molecule has 2 unspecified atom stereocenters. The summed E-state index contributed by atoms with van der Waals surface area (Å²) in [6.45, 7) is 2.99. The van der Waals surface area contributed by atoms with Crippen molar-refractivity contribution in [2.75, 3.05) is 11.9 Å². The number of hydrogen-bond acceptors (Lipinski definition) is 4. The van der Waals surface area contributed by atoms with Crippen LogP contribution in [0.5, 0.6) is 0 Å². The zero-order valence-electron chi connectivity index (χ0n) is 16.0. The van der Waals surface area contributed by atoms with Gasteiger partial charge in [-0.25, -0.2) is 4.98 Å². The highest BCUT2D eigenvalue weighted by Gasteiger charge is 2.45. The molecule has 1 aliphatic rings. The van der Waals surface area contributed by atoms with E-state index in [-0.39, 0.29) is 17.8 Å². The third-order valence-corrected chi connectivity index (χ3v) is 5.10. The maximum atomic E-state index is 11.8. The summed E-state index contributed by atoms with van der Waals surface area (Å²) in [5, 5.41) is 3.38. The minimum absolute atomic E-state index is 0.00119. The van der Waals surface area contributed by atoms with Gasteiger partial charge in [-0.05, 0) is 53.6 Å². The van der Waals surface area contributed by atoms with Gasteiger partial charge >= 0.3 is 5.97 Å². The number of carbonyl (C=O) groups excluding carboxylic acids is 1. The van der Waals surface area contributed by atoms with Crippen LogP contribution >= 0.6 is 0 Å². The summed E-state index contributed by atoms with van der Waals surface area (Å²) in [4.78, 5) is 16.3. The topological polar surface area (TPSA) is 51.2 Å². The van der Waals surface area contributed by atoms with E-state index in [0.29, 0.717) is 13.2 Å². The van der Waals surface area contributed by atoms with Crippen molar-refractivity contribution >= 4 is 11.8 Å². The van der Waals surface area contributed by atoms with Gasteiger partial charge in [-0.3, -0.25) is 4.79 Å². The van der Waals surface area contributed by atoms with Crippen molar-refractivity contribution in [2.45, 2.75) is 25.8 Å². The molecule has 1 N–H and O–H groups in total. The van der Waals surface area contributed by atoms with E-state index in [2.05, 4.69) is 64.9 Å². The molecule has 0 bridgehead atoms. The first kappa shape index (κ1) is 18.2. The van der Waals surface area contributed by atoms with Crippen molar-refractivity contribution < 1.29 is 9.53 Å². The molecule has 0 radical (unpaired) electrons. The zero-order valence-corrected chi connectivity index (χ0v) is 16.0. The Labute approximate surface area is 165 Å². The van der Waals surface area contributed by atoms with Gasteiger partial charge in [0.1, 0.15) is 5.82 Å². The number of anilines is 1. The summed E-state index contributed by atoms with van der Waals surface area (Å²) in [6, 6.07) is 22.9. The molecule has 0 aliphatic heterocycles. The van der Waals surface area contributed by atoms with E-state index in [9.17, 15) is 4.79 Å².